The number of nitrogens with zero attached hydrogens (tertiary/aromatic N) is 3. The molecule has 0 amide bonds. The van der Waals surface area contributed by atoms with E-state index in [9.17, 15) is 8.42 Å². The summed E-state index contributed by atoms with van der Waals surface area (Å²) >= 11 is 6.17. The molecule has 2 aliphatic heterocycles. The second kappa shape index (κ2) is 11.6. The molecule has 1 aromatic carbocycles. The first-order chi connectivity index (χ1) is 13.9. The van der Waals surface area contributed by atoms with Gasteiger partial charge in [-0.3, -0.25) is 9.89 Å². The molecule has 0 spiro atoms. The first kappa shape index (κ1) is 25.3. The summed E-state index contributed by atoms with van der Waals surface area (Å²) in [6, 6.07) is 5.93. The second-order valence-electron chi connectivity index (χ2n) is 7.38. The fraction of sp³-hybridized carbons (Fsp3) is 0.632. The van der Waals surface area contributed by atoms with E-state index in [1.807, 2.05) is 18.2 Å². The van der Waals surface area contributed by atoms with E-state index in [4.69, 9.17) is 16.3 Å². The molecule has 0 bridgehead atoms. The van der Waals surface area contributed by atoms with Crippen molar-refractivity contribution < 1.29 is 13.2 Å². The van der Waals surface area contributed by atoms with Crippen LogP contribution in [0.2, 0.25) is 5.02 Å². The van der Waals surface area contributed by atoms with Gasteiger partial charge in [-0.2, -0.15) is 0 Å². The average Bonchev–Trinajstić information content (AvgIpc) is 3.16. The number of rotatable bonds is 6. The van der Waals surface area contributed by atoms with Crippen molar-refractivity contribution in [3.63, 3.8) is 0 Å². The lowest BCUT2D eigenvalue weighted by Gasteiger charge is -2.27. The van der Waals surface area contributed by atoms with Gasteiger partial charge in [-0.15, -0.1) is 24.0 Å². The largest absolute Gasteiger partial charge is 0.495 e. The molecular weight excluding hydrogens is 541 g/mol. The van der Waals surface area contributed by atoms with Crippen LogP contribution in [0.15, 0.2) is 23.2 Å². The highest BCUT2D eigenvalue weighted by Crippen LogP contribution is 2.33. The van der Waals surface area contributed by atoms with Gasteiger partial charge < -0.3 is 20.3 Å². The summed E-state index contributed by atoms with van der Waals surface area (Å²) in [4.78, 5) is 8.76. The maximum absolute atomic E-state index is 11.5. The molecule has 2 fully saturated rings. The molecule has 0 radical (unpaired) electrons. The minimum Gasteiger partial charge on any atom is -0.495 e. The van der Waals surface area contributed by atoms with Crippen LogP contribution >= 0.6 is 35.6 Å². The van der Waals surface area contributed by atoms with Crippen molar-refractivity contribution >= 4 is 57.1 Å². The van der Waals surface area contributed by atoms with Gasteiger partial charge in [0, 0.05) is 57.4 Å². The number of benzene rings is 1. The van der Waals surface area contributed by atoms with Crippen molar-refractivity contribution in [3.05, 3.63) is 23.2 Å². The summed E-state index contributed by atoms with van der Waals surface area (Å²) in [5.74, 6) is 2.09. The van der Waals surface area contributed by atoms with Gasteiger partial charge in [0.2, 0.25) is 0 Å². The summed E-state index contributed by atoms with van der Waals surface area (Å²) in [6.45, 7) is 4.48. The molecule has 3 rings (SSSR count). The maximum atomic E-state index is 11.5. The lowest BCUT2D eigenvalue weighted by Crippen LogP contribution is -2.48. The summed E-state index contributed by atoms with van der Waals surface area (Å²) < 4.78 is 28.5. The minimum absolute atomic E-state index is 0. The van der Waals surface area contributed by atoms with E-state index in [2.05, 4.69) is 25.4 Å². The fourth-order valence-electron chi connectivity index (χ4n) is 3.70. The molecule has 1 aromatic rings. The molecule has 170 valence electrons. The van der Waals surface area contributed by atoms with Crippen molar-refractivity contribution in [2.45, 2.75) is 12.5 Å². The fourth-order valence-corrected chi connectivity index (χ4v) is 5.14. The van der Waals surface area contributed by atoms with Crippen LogP contribution in [-0.4, -0.2) is 90.3 Å². The van der Waals surface area contributed by atoms with Crippen LogP contribution in [0.5, 0.6) is 5.75 Å². The van der Waals surface area contributed by atoms with Crippen LogP contribution in [0.1, 0.15) is 6.42 Å². The molecule has 30 heavy (non-hydrogen) atoms. The lowest BCUT2D eigenvalue weighted by molar-refractivity contribution is 0.299. The third kappa shape index (κ3) is 7.03. The highest BCUT2D eigenvalue weighted by Gasteiger charge is 2.26. The van der Waals surface area contributed by atoms with E-state index in [1.165, 1.54) is 0 Å². The molecule has 8 nitrogen and oxygen atoms in total. The van der Waals surface area contributed by atoms with Crippen LogP contribution in [-0.2, 0) is 9.84 Å². The van der Waals surface area contributed by atoms with Gasteiger partial charge in [0.25, 0.3) is 0 Å². The molecule has 2 N–H and O–H groups in total. The minimum atomic E-state index is -2.83. The zero-order chi connectivity index (χ0) is 20.9. The number of hydrogen-bond acceptors (Lipinski definition) is 6. The van der Waals surface area contributed by atoms with Gasteiger partial charge in [-0.05, 0) is 24.6 Å². The van der Waals surface area contributed by atoms with Crippen molar-refractivity contribution in [3.8, 4) is 5.75 Å². The highest BCUT2D eigenvalue weighted by molar-refractivity contribution is 14.0. The Morgan fingerprint density at radius 2 is 2.03 bits per heavy atom. The number of ether oxygens (including phenoxy) is 1. The number of sulfone groups is 1. The van der Waals surface area contributed by atoms with E-state index < -0.39 is 9.84 Å². The van der Waals surface area contributed by atoms with Crippen molar-refractivity contribution in [1.82, 2.24) is 15.5 Å². The average molecular weight is 572 g/mol. The smallest absolute Gasteiger partial charge is 0.191 e. The van der Waals surface area contributed by atoms with Crippen LogP contribution in [0.3, 0.4) is 0 Å². The Labute approximate surface area is 201 Å². The van der Waals surface area contributed by atoms with Gasteiger partial charge >= 0.3 is 0 Å². The summed E-state index contributed by atoms with van der Waals surface area (Å²) in [7, 11) is 0.595. The first-order valence-electron chi connectivity index (χ1n) is 9.88. The normalized spacial score (nSPS) is 21.8. The van der Waals surface area contributed by atoms with Gasteiger partial charge in [-0.1, -0.05) is 11.6 Å². The number of hydrogen-bond donors (Lipinski definition) is 2. The Morgan fingerprint density at radius 1 is 1.30 bits per heavy atom. The monoisotopic (exact) mass is 571 g/mol. The molecule has 0 aliphatic carbocycles. The van der Waals surface area contributed by atoms with Crippen molar-refractivity contribution in [1.29, 1.82) is 0 Å². The third-order valence-corrected chi connectivity index (χ3v) is 7.24. The topological polar surface area (TPSA) is 86.3 Å². The molecule has 2 saturated heterocycles. The third-order valence-electron chi connectivity index (χ3n) is 5.39. The molecule has 0 saturated carbocycles. The Balaban J connectivity index is 0.00000320. The second-order valence-corrected chi connectivity index (χ2v) is 10.1. The summed E-state index contributed by atoms with van der Waals surface area (Å²) in [5.41, 5.74) is 1.01. The van der Waals surface area contributed by atoms with Crippen molar-refractivity contribution in [2.75, 3.05) is 69.8 Å². The van der Waals surface area contributed by atoms with Crippen LogP contribution < -0.4 is 20.3 Å². The van der Waals surface area contributed by atoms with Crippen LogP contribution in [0.4, 0.5) is 5.69 Å². The van der Waals surface area contributed by atoms with Gasteiger partial charge in [0.05, 0.1) is 24.3 Å². The molecular formula is C19H31ClIN5O3S. The number of methoxy groups -OCH3 is 1. The SMILES string of the molecule is CN=C(NCCN1CCS(=O)(=O)CC1)NC1CCN(c2cc(Cl)ccc2OC)C1.I. The number of nitrogens with one attached hydrogen (secondary N) is 2. The Hall–Kier alpha value is -0.980. The van der Waals surface area contributed by atoms with Gasteiger partial charge in [0.15, 0.2) is 15.8 Å². The Bertz CT molecular complexity index is 825. The Morgan fingerprint density at radius 3 is 2.70 bits per heavy atom. The molecule has 2 heterocycles. The predicted molar refractivity (Wildman–Crippen MR) is 134 cm³/mol. The summed E-state index contributed by atoms with van der Waals surface area (Å²) in [5, 5.41) is 7.51. The summed E-state index contributed by atoms with van der Waals surface area (Å²) in [6.07, 6.45) is 0.986. The van der Waals surface area contributed by atoms with E-state index in [0.29, 0.717) is 18.1 Å². The standard InChI is InChI=1S/C19H30ClN5O3S.HI/c1-21-19(22-6-8-24-9-11-29(26,27)12-10-24)23-16-5-7-25(14-16)17-13-15(20)3-4-18(17)28-2;/h3-4,13,16H,5-12,14H2,1-2H3,(H2,21,22,23);1H. The lowest BCUT2D eigenvalue weighted by atomic mass is 10.2. The molecule has 0 aromatic heterocycles. The highest BCUT2D eigenvalue weighted by atomic mass is 127. The van der Waals surface area contributed by atoms with Crippen LogP contribution in [0, 0.1) is 0 Å². The van der Waals surface area contributed by atoms with Crippen molar-refractivity contribution in [2.24, 2.45) is 4.99 Å². The Kier molecular flexibility index (Phi) is 9.76. The van der Waals surface area contributed by atoms with E-state index >= 15 is 0 Å². The zero-order valence-electron chi connectivity index (χ0n) is 17.4. The molecule has 11 heteroatoms. The van der Waals surface area contributed by atoms with Crippen LogP contribution in [0.25, 0.3) is 0 Å². The number of aliphatic imine (C=N–C) groups is 1. The number of guanidine groups is 1. The maximum Gasteiger partial charge on any atom is 0.191 e. The molecule has 1 atom stereocenters. The first-order valence-corrected chi connectivity index (χ1v) is 12.1. The number of halogens is 2. The molecule has 1 unspecified atom stereocenters. The van der Waals surface area contributed by atoms with E-state index in [1.54, 1.807) is 14.2 Å². The quantitative estimate of drug-likeness (QED) is 0.304. The van der Waals surface area contributed by atoms with E-state index in [-0.39, 0.29) is 41.5 Å². The van der Waals surface area contributed by atoms with E-state index in [0.717, 1.165) is 50.0 Å². The van der Waals surface area contributed by atoms with Gasteiger partial charge in [-0.25, -0.2) is 8.42 Å². The number of anilines is 1. The predicted octanol–water partition coefficient (Wildman–Crippen LogP) is 1.44. The zero-order valence-corrected chi connectivity index (χ0v) is 21.3. The molecule has 2 aliphatic rings. The van der Waals surface area contributed by atoms with Gasteiger partial charge in [0.1, 0.15) is 5.75 Å².